The second kappa shape index (κ2) is 12.9. The van der Waals surface area contributed by atoms with Gasteiger partial charge in [-0.1, -0.05) is 39.0 Å². The average molecular weight is 202 g/mol. The lowest BCUT2D eigenvalue weighted by Crippen LogP contribution is -1.96. The topological polar surface area (TPSA) is 29.5 Å². The summed E-state index contributed by atoms with van der Waals surface area (Å²) >= 11 is 0. The van der Waals surface area contributed by atoms with Gasteiger partial charge in [-0.25, -0.2) is 0 Å². The molecule has 14 heavy (non-hydrogen) atoms. The summed E-state index contributed by atoms with van der Waals surface area (Å²) in [4.78, 5) is 0. The largest absolute Gasteiger partial charge is 0.396 e. The van der Waals surface area contributed by atoms with Gasteiger partial charge in [0, 0.05) is 19.8 Å². The first kappa shape index (κ1) is 13.9. The number of unbranched alkanes of at least 4 members (excludes halogenated alkanes) is 6. The quantitative estimate of drug-likeness (QED) is 0.522. The maximum atomic E-state index is 8.57. The Balaban J connectivity index is 2.78. The van der Waals surface area contributed by atoms with E-state index >= 15 is 0 Å². The molecule has 0 amide bonds. The third kappa shape index (κ3) is 11.9. The summed E-state index contributed by atoms with van der Waals surface area (Å²) < 4.78 is 5.46. The van der Waals surface area contributed by atoms with E-state index in [1.807, 2.05) is 0 Å². The highest BCUT2D eigenvalue weighted by Crippen LogP contribution is 2.05. The Bertz CT molecular complexity index is 82.3. The summed E-state index contributed by atoms with van der Waals surface area (Å²) in [6.07, 6.45) is 9.57. The SMILES string of the molecule is CCCCOCCCCCCCCO. The average Bonchev–Trinajstić information content (AvgIpc) is 2.21. The van der Waals surface area contributed by atoms with Crippen LogP contribution < -0.4 is 0 Å². The van der Waals surface area contributed by atoms with Crippen molar-refractivity contribution in [3.8, 4) is 0 Å². The number of aliphatic hydroxyl groups is 1. The minimum Gasteiger partial charge on any atom is -0.396 e. The lowest BCUT2D eigenvalue weighted by molar-refractivity contribution is 0.127. The Hall–Kier alpha value is -0.0800. The van der Waals surface area contributed by atoms with Gasteiger partial charge >= 0.3 is 0 Å². The lowest BCUT2D eigenvalue weighted by atomic mass is 10.1. The Morgan fingerprint density at radius 2 is 1.36 bits per heavy atom. The predicted molar refractivity (Wildman–Crippen MR) is 60.5 cm³/mol. The van der Waals surface area contributed by atoms with E-state index in [0.717, 1.165) is 19.6 Å². The van der Waals surface area contributed by atoms with E-state index in [4.69, 9.17) is 9.84 Å². The molecule has 0 aliphatic rings. The molecule has 2 nitrogen and oxygen atoms in total. The molecule has 0 saturated heterocycles. The first-order chi connectivity index (χ1) is 6.91. The van der Waals surface area contributed by atoms with Crippen molar-refractivity contribution in [3.63, 3.8) is 0 Å². The number of rotatable bonds is 11. The lowest BCUT2D eigenvalue weighted by Gasteiger charge is -2.03. The molecular formula is C12H26O2. The molecule has 0 radical (unpaired) electrons. The van der Waals surface area contributed by atoms with E-state index in [1.54, 1.807) is 0 Å². The van der Waals surface area contributed by atoms with Crippen LogP contribution in [0.25, 0.3) is 0 Å². The number of hydrogen-bond donors (Lipinski definition) is 1. The fraction of sp³-hybridized carbons (Fsp3) is 1.00. The van der Waals surface area contributed by atoms with Gasteiger partial charge in [0.1, 0.15) is 0 Å². The van der Waals surface area contributed by atoms with E-state index in [9.17, 15) is 0 Å². The fourth-order valence-corrected chi connectivity index (χ4v) is 1.37. The Morgan fingerprint density at radius 1 is 0.786 bits per heavy atom. The van der Waals surface area contributed by atoms with Gasteiger partial charge < -0.3 is 9.84 Å². The second-order valence-corrected chi connectivity index (χ2v) is 3.81. The van der Waals surface area contributed by atoms with Crippen LogP contribution in [0.2, 0.25) is 0 Å². The van der Waals surface area contributed by atoms with Gasteiger partial charge in [0.05, 0.1) is 0 Å². The van der Waals surface area contributed by atoms with Gasteiger partial charge in [-0.2, -0.15) is 0 Å². The van der Waals surface area contributed by atoms with Gasteiger partial charge in [-0.15, -0.1) is 0 Å². The van der Waals surface area contributed by atoms with Crippen molar-refractivity contribution in [2.24, 2.45) is 0 Å². The second-order valence-electron chi connectivity index (χ2n) is 3.81. The highest BCUT2D eigenvalue weighted by molar-refractivity contribution is 4.44. The van der Waals surface area contributed by atoms with Crippen LogP contribution in [0, 0.1) is 0 Å². The minimum absolute atomic E-state index is 0.347. The molecule has 0 rings (SSSR count). The molecule has 0 bridgehead atoms. The van der Waals surface area contributed by atoms with Crippen molar-refractivity contribution in [1.82, 2.24) is 0 Å². The summed E-state index contributed by atoms with van der Waals surface area (Å²) in [5.41, 5.74) is 0. The summed E-state index contributed by atoms with van der Waals surface area (Å²) in [6.45, 7) is 4.39. The van der Waals surface area contributed by atoms with Crippen molar-refractivity contribution in [2.45, 2.75) is 58.3 Å². The standard InChI is InChI=1S/C12H26O2/c1-2-3-11-14-12-9-7-5-4-6-8-10-13/h13H,2-12H2,1H3. The number of aliphatic hydroxyl groups excluding tert-OH is 1. The molecule has 0 saturated carbocycles. The summed E-state index contributed by atoms with van der Waals surface area (Å²) in [5, 5.41) is 8.57. The van der Waals surface area contributed by atoms with Gasteiger partial charge in [-0.05, 0) is 19.3 Å². The van der Waals surface area contributed by atoms with Gasteiger partial charge in [0.2, 0.25) is 0 Å². The summed E-state index contributed by atoms with van der Waals surface area (Å²) in [6, 6.07) is 0. The van der Waals surface area contributed by atoms with Gasteiger partial charge in [-0.3, -0.25) is 0 Å². The first-order valence-corrected chi connectivity index (χ1v) is 6.10. The smallest absolute Gasteiger partial charge is 0.0466 e. The van der Waals surface area contributed by atoms with E-state index < -0.39 is 0 Å². The molecule has 0 spiro atoms. The van der Waals surface area contributed by atoms with E-state index in [-0.39, 0.29) is 0 Å². The van der Waals surface area contributed by atoms with Crippen molar-refractivity contribution >= 4 is 0 Å². The van der Waals surface area contributed by atoms with E-state index in [1.165, 1.54) is 44.9 Å². The van der Waals surface area contributed by atoms with Gasteiger partial charge in [0.25, 0.3) is 0 Å². The predicted octanol–water partition coefficient (Wildman–Crippen LogP) is 3.14. The zero-order valence-electron chi connectivity index (χ0n) is 9.63. The third-order valence-electron chi connectivity index (χ3n) is 2.34. The van der Waals surface area contributed by atoms with E-state index in [2.05, 4.69) is 6.92 Å². The monoisotopic (exact) mass is 202 g/mol. The van der Waals surface area contributed by atoms with Crippen molar-refractivity contribution < 1.29 is 9.84 Å². The van der Waals surface area contributed by atoms with Crippen molar-refractivity contribution in [3.05, 3.63) is 0 Å². The molecule has 0 aromatic carbocycles. The Morgan fingerprint density at radius 3 is 2.00 bits per heavy atom. The fourth-order valence-electron chi connectivity index (χ4n) is 1.37. The molecule has 0 atom stereocenters. The molecule has 0 aliphatic heterocycles. The van der Waals surface area contributed by atoms with Crippen molar-refractivity contribution in [2.75, 3.05) is 19.8 Å². The Labute approximate surface area is 88.7 Å². The van der Waals surface area contributed by atoms with Crippen LogP contribution >= 0.6 is 0 Å². The molecule has 86 valence electrons. The molecule has 0 aromatic heterocycles. The van der Waals surface area contributed by atoms with Crippen LogP contribution in [0.3, 0.4) is 0 Å². The first-order valence-electron chi connectivity index (χ1n) is 6.10. The molecule has 0 heterocycles. The molecule has 0 aliphatic carbocycles. The number of hydrogen-bond acceptors (Lipinski definition) is 2. The zero-order chi connectivity index (χ0) is 10.5. The third-order valence-corrected chi connectivity index (χ3v) is 2.34. The molecule has 0 fully saturated rings. The van der Waals surface area contributed by atoms with Crippen LogP contribution in [-0.4, -0.2) is 24.9 Å². The Kier molecular flexibility index (Phi) is 12.8. The molecular weight excluding hydrogens is 176 g/mol. The highest BCUT2D eigenvalue weighted by Gasteiger charge is 1.91. The van der Waals surface area contributed by atoms with Crippen LogP contribution in [0.1, 0.15) is 58.3 Å². The minimum atomic E-state index is 0.347. The van der Waals surface area contributed by atoms with Crippen LogP contribution in [0.4, 0.5) is 0 Å². The molecule has 2 heteroatoms. The maximum absolute atomic E-state index is 8.57. The molecule has 0 aromatic rings. The highest BCUT2D eigenvalue weighted by atomic mass is 16.5. The molecule has 0 unspecified atom stereocenters. The van der Waals surface area contributed by atoms with Crippen LogP contribution in [0.5, 0.6) is 0 Å². The van der Waals surface area contributed by atoms with Crippen molar-refractivity contribution in [1.29, 1.82) is 0 Å². The zero-order valence-corrected chi connectivity index (χ0v) is 9.63. The maximum Gasteiger partial charge on any atom is 0.0466 e. The number of ether oxygens (including phenoxy) is 1. The summed E-state index contributed by atoms with van der Waals surface area (Å²) in [7, 11) is 0. The van der Waals surface area contributed by atoms with E-state index in [0.29, 0.717) is 6.61 Å². The van der Waals surface area contributed by atoms with Gasteiger partial charge in [0.15, 0.2) is 0 Å². The van der Waals surface area contributed by atoms with Crippen LogP contribution in [0.15, 0.2) is 0 Å². The normalized spacial score (nSPS) is 10.7. The molecule has 1 N–H and O–H groups in total. The summed E-state index contributed by atoms with van der Waals surface area (Å²) in [5.74, 6) is 0. The van der Waals surface area contributed by atoms with Crippen LogP contribution in [-0.2, 0) is 4.74 Å².